The number of hydrogen-bond acceptors (Lipinski definition) is 6. The van der Waals surface area contributed by atoms with Crippen molar-refractivity contribution in [2.45, 2.75) is 38.6 Å². The first-order valence-electron chi connectivity index (χ1n) is 8.39. The van der Waals surface area contributed by atoms with Gasteiger partial charge in [-0.25, -0.2) is 13.1 Å². The number of nitrogens with zero attached hydrogens (tertiary/aromatic N) is 2. The lowest BCUT2D eigenvalue weighted by Crippen LogP contribution is -2.27. The lowest BCUT2D eigenvalue weighted by Gasteiger charge is -2.15. The van der Waals surface area contributed by atoms with E-state index in [0.29, 0.717) is 28.6 Å². The molecule has 8 nitrogen and oxygen atoms in total. The van der Waals surface area contributed by atoms with E-state index in [-0.39, 0.29) is 10.8 Å². The predicted octanol–water partition coefficient (Wildman–Crippen LogP) is 3.04. The molecule has 0 fully saturated rings. The number of nitrogens with one attached hydrogen (secondary N) is 2. The fraction of sp³-hybridized carbons (Fsp3) is 0.333. The van der Waals surface area contributed by atoms with Crippen molar-refractivity contribution >= 4 is 10.0 Å². The van der Waals surface area contributed by atoms with Gasteiger partial charge >= 0.3 is 0 Å². The summed E-state index contributed by atoms with van der Waals surface area (Å²) in [6, 6.07) is 6.79. The van der Waals surface area contributed by atoms with Gasteiger partial charge in [-0.3, -0.25) is 0 Å². The summed E-state index contributed by atoms with van der Waals surface area (Å²) in [6.07, 6.45) is 0. The van der Waals surface area contributed by atoms with Gasteiger partial charge in [0.25, 0.3) is 5.89 Å². The number of rotatable bonds is 6. The van der Waals surface area contributed by atoms with Crippen LogP contribution in [0.15, 0.2) is 33.6 Å². The molecule has 0 aliphatic rings. The van der Waals surface area contributed by atoms with Crippen molar-refractivity contribution in [3.05, 3.63) is 47.1 Å². The fourth-order valence-electron chi connectivity index (χ4n) is 3.00. The maximum Gasteiger partial charge on any atom is 0.250 e. The van der Waals surface area contributed by atoms with Crippen molar-refractivity contribution in [2.24, 2.45) is 0 Å². The van der Waals surface area contributed by atoms with Crippen molar-refractivity contribution in [1.82, 2.24) is 19.9 Å². The van der Waals surface area contributed by atoms with Crippen molar-refractivity contribution < 1.29 is 17.6 Å². The first-order chi connectivity index (χ1) is 12.7. The van der Waals surface area contributed by atoms with Crippen molar-refractivity contribution in [1.29, 1.82) is 0 Å². The summed E-state index contributed by atoms with van der Waals surface area (Å²) in [5.74, 6) is 1.25. The summed E-state index contributed by atoms with van der Waals surface area (Å²) in [5.41, 5.74) is 2.36. The van der Waals surface area contributed by atoms with E-state index in [1.807, 2.05) is 12.1 Å². The molecule has 3 rings (SSSR count). The van der Waals surface area contributed by atoms with E-state index in [1.165, 1.54) is 0 Å². The van der Waals surface area contributed by atoms with E-state index >= 15 is 0 Å². The van der Waals surface area contributed by atoms with Crippen LogP contribution in [0.5, 0.6) is 5.75 Å². The molecule has 0 saturated heterocycles. The zero-order valence-electron chi connectivity index (χ0n) is 15.8. The second-order valence-corrected chi connectivity index (χ2v) is 7.97. The highest BCUT2D eigenvalue weighted by molar-refractivity contribution is 7.89. The molecular formula is C18H22N4O4S. The molecule has 27 heavy (non-hydrogen) atoms. The van der Waals surface area contributed by atoms with Gasteiger partial charge in [-0.05, 0) is 38.5 Å². The number of hydrogen-bond donors (Lipinski definition) is 2. The molecular weight excluding hydrogens is 368 g/mol. The van der Waals surface area contributed by atoms with Crippen LogP contribution in [0.1, 0.15) is 35.8 Å². The van der Waals surface area contributed by atoms with Crippen molar-refractivity contribution in [3.8, 4) is 17.2 Å². The monoisotopic (exact) mass is 390 g/mol. The quantitative estimate of drug-likeness (QED) is 0.669. The summed E-state index contributed by atoms with van der Waals surface area (Å²) in [6.45, 7) is 6.91. The first kappa shape index (κ1) is 19.1. The van der Waals surface area contributed by atoms with Crippen LogP contribution in [-0.2, 0) is 10.0 Å². The van der Waals surface area contributed by atoms with Crippen LogP contribution in [-0.4, -0.2) is 30.7 Å². The third-order valence-corrected chi connectivity index (χ3v) is 5.99. The number of aryl methyl sites for hydroxylation is 3. The number of sulfonamides is 1. The van der Waals surface area contributed by atoms with Crippen LogP contribution in [0, 0.1) is 20.8 Å². The second-order valence-electron chi connectivity index (χ2n) is 6.32. The molecule has 3 aromatic rings. The molecule has 0 bridgehead atoms. The Balaban J connectivity index is 1.97. The summed E-state index contributed by atoms with van der Waals surface area (Å²) in [5, 5.41) is 7.78. The molecule has 9 heteroatoms. The molecule has 1 aromatic carbocycles. The molecule has 0 aliphatic heterocycles. The van der Waals surface area contributed by atoms with Gasteiger partial charge < -0.3 is 14.1 Å². The third-order valence-electron chi connectivity index (χ3n) is 4.27. The van der Waals surface area contributed by atoms with Crippen molar-refractivity contribution in [3.63, 3.8) is 0 Å². The van der Waals surface area contributed by atoms with Crippen LogP contribution < -0.4 is 9.46 Å². The van der Waals surface area contributed by atoms with Crippen molar-refractivity contribution in [2.75, 3.05) is 7.11 Å². The number of benzene rings is 1. The van der Waals surface area contributed by atoms with E-state index in [9.17, 15) is 8.42 Å². The maximum atomic E-state index is 13.1. The zero-order valence-corrected chi connectivity index (χ0v) is 16.6. The van der Waals surface area contributed by atoms with Crippen LogP contribution >= 0.6 is 0 Å². The second kappa shape index (κ2) is 7.16. The van der Waals surface area contributed by atoms with Crippen LogP contribution in [0.2, 0.25) is 0 Å². The fourth-order valence-corrected chi connectivity index (χ4v) is 4.68. The molecule has 144 valence electrons. The molecule has 0 spiro atoms. The van der Waals surface area contributed by atoms with E-state index < -0.39 is 16.1 Å². The van der Waals surface area contributed by atoms with Gasteiger partial charge in [-0.2, -0.15) is 0 Å². The number of ether oxygens (including phenoxy) is 1. The largest absolute Gasteiger partial charge is 0.497 e. The van der Waals surface area contributed by atoms with Gasteiger partial charge in [0.15, 0.2) is 0 Å². The normalized spacial score (nSPS) is 12.9. The van der Waals surface area contributed by atoms with E-state index in [1.54, 1.807) is 46.9 Å². The Morgan fingerprint density at radius 3 is 2.33 bits per heavy atom. The maximum absolute atomic E-state index is 13.1. The first-order valence-corrected chi connectivity index (χ1v) is 9.87. The molecule has 0 radical (unpaired) electrons. The summed E-state index contributed by atoms with van der Waals surface area (Å²) in [4.78, 5) is 3.17. The Labute approximate surface area is 158 Å². The average molecular weight is 390 g/mol. The molecule has 0 unspecified atom stereocenters. The molecule has 0 aliphatic carbocycles. The van der Waals surface area contributed by atoms with E-state index in [4.69, 9.17) is 9.15 Å². The Kier molecular flexibility index (Phi) is 5.07. The molecule has 2 aromatic heterocycles. The Bertz CT molecular complexity index is 1050. The average Bonchev–Trinajstić information content (AvgIpc) is 3.17. The smallest absolute Gasteiger partial charge is 0.250 e. The lowest BCUT2D eigenvalue weighted by molar-refractivity contribution is 0.414. The number of H-pyrrole nitrogens is 1. The minimum absolute atomic E-state index is 0.115. The standard InChI is InChI=1S/C18H22N4O4S/c1-10(14-6-8-15(25-5)9-7-14)22-27(23,24)17-12(3)19-11(2)16(17)18-21-20-13(4)26-18/h6-10,19,22H,1-5H3/t10-/m1/s1. The molecule has 1 atom stereocenters. The summed E-state index contributed by atoms with van der Waals surface area (Å²) in [7, 11) is -2.26. The minimum atomic E-state index is -3.84. The number of aromatic nitrogens is 3. The van der Waals surface area contributed by atoms with Crippen LogP contribution in [0.4, 0.5) is 0 Å². The SMILES string of the molecule is COc1ccc([C@@H](C)NS(=O)(=O)c2c(C)[nH]c(C)c2-c2nnc(C)o2)cc1. The minimum Gasteiger partial charge on any atom is -0.497 e. The summed E-state index contributed by atoms with van der Waals surface area (Å²) >= 11 is 0. The highest BCUT2D eigenvalue weighted by Crippen LogP contribution is 2.33. The molecule has 2 heterocycles. The number of aromatic amines is 1. The van der Waals surface area contributed by atoms with Gasteiger partial charge in [0.05, 0.1) is 12.7 Å². The highest BCUT2D eigenvalue weighted by atomic mass is 32.2. The topological polar surface area (TPSA) is 110 Å². The number of methoxy groups -OCH3 is 1. The molecule has 0 saturated carbocycles. The van der Waals surface area contributed by atoms with Gasteiger partial charge in [-0.1, -0.05) is 12.1 Å². The van der Waals surface area contributed by atoms with Crippen LogP contribution in [0.3, 0.4) is 0 Å². The lowest BCUT2D eigenvalue weighted by atomic mass is 10.1. The van der Waals surface area contributed by atoms with E-state index in [0.717, 1.165) is 5.56 Å². The zero-order chi connectivity index (χ0) is 19.8. The van der Waals surface area contributed by atoms with Gasteiger partial charge in [0.2, 0.25) is 15.9 Å². The van der Waals surface area contributed by atoms with Gasteiger partial charge in [-0.15, -0.1) is 10.2 Å². The Morgan fingerprint density at radius 2 is 1.78 bits per heavy atom. The van der Waals surface area contributed by atoms with E-state index in [2.05, 4.69) is 19.9 Å². The Hall–Kier alpha value is -2.65. The summed E-state index contributed by atoms with van der Waals surface area (Å²) < 4.78 is 39.6. The van der Waals surface area contributed by atoms with Crippen LogP contribution in [0.25, 0.3) is 11.5 Å². The third kappa shape index (κ3) is 3.74. The Morgan fingerprint density at radius 1 is 1.11 bits per heavy atom. The highest BCUT2D eigenvalue weighted by Gasteiger charge is 2.30. The molecule has 2 N–H and O–H groups in total. The predicted molar refractivity (Wildman–Crippen MR) is 100 cm³/mol. The van der Waals surface area contributed by atoms with Gasteiger partial charge in [0.1, 0.15) is 10.6 Å². The van der Waals surface area contributed by atoms with Gasteiger partial charge in [0, 0.05) is 24.4 Å². The molecule has 0 amide bonds.